The first-order valence-electron chi connectivity index (χ1n) is 12.2. The van der Waals surface area contributed by atoms with Gasteiger partial charge in [0.2, 0.25) is 0 Å². The molecule has 0 fully saturated rings. The second kappa shape index (κ2) is 22.5. The molecule has 0 bridgehead atoms. The van der Waals surface area contributed by atoms with E-state index in [1.165, 1.54) is 89.9 Å². The maximum absolute atomic E-state index is 10.3. The van der Waals surface area contributed by atoms with Gasteiger partial charge in [-0.05, 0) is 12.8 Å². The minimum Gasteiger partial charge on any atom is -0.481 e. The highest BCUT2D eigenvalue weighted by atomic mass is 16.5. The summed E-state index contributed by atoms with van der Waals surface area (Å²) in [5.74, 6) is -5.02. The second-order valence-corrected chi connectivity index (χ2v) is 8.33. The number of aliphatic hydroxyl groups is 1. The first kappa shape index (κ1) is 32.5. The molecule has 4 N–H and O–H groups in total. The Balaban J connectivity index is 0. The molecule has 8 nitrogen and oxygen atoms in total. The summed E-state index contributed by atoms with van der Waals surface area (Å²) in [5.41, 5.74) is -2.74. The maximum atomic E-state index is 10.3. The van der Waals surface area contributed by atoms with Gasteiger partial charge in [-0.1, -0.05) is 90.9 Å². The van der Waals surface area contributed by atoms with E-state index >= 15 is 0 Å². The van der Waals surface area contributed by atoms with E-state index in [1.54, 1.807) is 0 Å². The van der Waals surface area contributed by atoms with E-state index in [2.05, 4.69) is 13.8 Å². The number of ether oxygens (including phenoxy) is 1. The predicted molar refractivity (Wildman–Crippen MR) is 124 cm³/mol. The molecule has 8 heteroatoms. The number of unbranched alkanes of at least 4 members (excludes halogenated alkanes) is 12. The van der Waals surface area contributed by atoms with Gasteiger partial charge in [0.15, 0.2) is 5.60 Å². The van der Waals surface area contributed by atoms with Gasteiger partial charge in [-0.25, -0.2) is 4.79 Å². The van der Waals surface area contributed by atoms with Crippen molar-refractivity contribution in [2.75, 3.05) is 13.2 Å². The van der Waals surface area contributed by atoms with Gasteiger partial charge in [-0.15, -0.1) is 0 Å². The van der Waals surface area contributed by atoms with Crippen molar-refractivity contribution < 1.29 is 39.5 Å². The lowest BCUT2D eigenvalue weighted by atomic mass is 9.96. The molecular weight excluding hydrogens is 416 g/mol. The van der Waals surface area contributed by atoms with Crippen molar-refractivity contribution in [3.05, 3.63) is 0 Å². The molecule has 0 aromatic carbocycles. The van der Waals surface area contributed by atoms with Crippen LogP contribution in [0.25, 0.3) is 0 Å². The Morgan fingerprint density at radius 1 is 0.594 bits per heavy atom. The Labute approximate surface area is 193 Å². The summed E-state index contributed by atoms with van der Waals surface area (Å²) in [6.45, 7) is 6.53. The normalized spacial score (nSPS) is 11.0. The molecule has 32 heavy (non-hydrogen) atoms. The van der Waals surface area contributed by atoms with Crippen molar-refractivity contribution in [3.63, 3.8) is 0 Å². The molecule has 0 aromatic heterocycles. The van der Waals surface area contributed by atoms with E-state index < -0.39 is 36.4 Å². The second-order valence-electron chi connectivity index (χ2n) is 8.33. The fourth-order valence-corrected chi connectivity index (χ4v) is 3.14. The number of rotatable bonds is 21. The fourth-order valence-electron chi connectivity index (χ4n) is 3.14. The Morgan fingerprint density at radius 3 is 1.19 bits per heavy atom. The molecule has 0 aliphatic carbocycles. The van der Waals surface area contributed by atoms with Crippen LogP contribution in [0.2, 0.25) is 0 Å². The minimum absolute atomic E-state index is 0.990. The highest BCUT2D eigenvalue weighted by Gasteiger charge is 2.40. The highest BCUT2D eigenvalue weighted by Crippen LogP contribution is 2.15. The Morgan fingerprint density at radius 2 is 0.906 bits per heavy atom. The summed E-state index contributed by atoms with van der Waals surface area (Å²) >= 11 is 0. The molecule has 0 spiro atoms. The van der Waals surface area contributed by atoms with Crippen molar-refractivity contribution in [3.8, 4) is 0 Å². The van der Waals surface area contributed by atoms with E-state index in [-0.39, 0.29) is 0 Å². The van der Waals surface area contributed by atoms with Crippen LogP contribution in [-0.4, -0.2) is 57.1 Å². The van der Waals surface area contributed by atoms with Crippen molar-refractivity contribution in [2.45, 2.75) is 122 Å². The maximum Gasteiger partial charge on any atom is 0.336 e. The van der Waals surface area contributed by atoms with Gasteiger partial charge in [0.1, 0.15) is 0 Å². The van der Waals surface area contributed by atoms with Gasteiger partial charge >= 0.3 is 17.9 Å². The Kier molecular flexibility index (Phi) is 22.9. The Bertz CT molecular complexity index is 447. The monoisotopic (exact) mass is 462 g/mol. The highest BCUT2D eigenvalue weighted by molar-refractivity contribution is 5.88. The minimum atomic E-state index is -2.74. The molecule has 0 unspecified atom stereocenters. The number of carboxylic acid groups (broad SMARTS) is 3. The number of hydrogen-bond acceptors (Lipinski definition) is 5. The van der Waals surface area contributed by atoms with Crippen LogP contribution in [0, 0.1) is 0 Å². The largest absolute Gasteiger partial charge is 0.481 e. The molecule has 0 atom stereocenters. The van der Waals surface area contributed by atoms with E-state index in [9.17, 15) is 14.4 Å². The van der Waals surface area contributed by atoms with Crippen LogP contribution in [0.15, 0.2) is 0 Å². The summed E-state index contributed by atoms with van der Waals surface area (Å²) < 4.78 is 5.69. The van der Waals surface area contributed by atoms with Gasteiger partial charge < -0.3 is 25.2 Å². The topological polar surface area (TPSA) is 141 Å². The van der Waals surface area contributed by atoms with Crippen molar-refractivity contribution in [1.82, 2.24) is 0 Å². The number of carboxylic acids is 3. The van der Waals surface area contributed by atoms with Crippen LogP contribution in [0.3, 0.4) is 0 Å². The summed E-state index contributed by atoms with van der Waals surface area (Å²) in [4.78, 5) is 30.5. The van der Waals surface area contributed by atoms with Crippen molar-refractivity contribution in [2.24, 2.45) is 0 Å². The SMILES string of the molecule is CCCCCCCCCOCCCCCCCCC.O=C(O)CC(O)(CC(=O)O)C(=O)O. The molecule has 190 valence electrons. The molecule has 0 radical (unpaired) electrons. The summed E-state index contributed by atoms with van der Waals surface area (Å²) in [5, 5.41) is 33.8. The van der Waals surface area contributed by atoms with Crippen LogP contribution < -0.4 is 0 Å². The lowest BCUT2D eigenvalue weighted by molar-refractivity contribution is -0.170. The fraction of sp³-hybridized carbons (Fsp3) is 0.875. The van der Waals surface area contributed by atoms with Crippen LogP contribution >= 0.6 is 0 Å². The molecule has 0 amide bonds. The number of aliphatic carboxylic acids is 3. The number of hydrogen-bond donors (Lipinski definition) is 4. The molecule has 0 saturated heterocycles. The van der Waals surface area contributed by atoms with E-state index in [0.717, 1.165) is 13.2 Å². The molecular formula is C24H46O8. The Hall–Kier alpha value is -1.67. The lowest BCUT2D eigenvalue weighted by Crippen LogP contribution is -2.42. The first-order valence-corrected chi connectivity index (χ1v) is 12.2. The summed E-state index contributed by atoms with van der Waals surface area (Å²) in [7, 11) is 0. The number of carbonyl (C=O) groups is 3. The third-order valence-corrected chi connectivity index (χ3v) is 5.07. The quantitative estimate of drug-likeness (QED) is 0.169. The third kappa shape index (κ3) is 23.0. The summed E-state index contributed by atoms with van der Waals surface area (Å²) in [6.07, 6.45) is 17.0. The zero-order chi connectivity index (χ0) is 24.7. The lowest BCUT2D eigenvalue weighted by Gasteiger charge is -2.18. The molecule has 0 saturated carbocycles. The standard InChI is InChI=1S/C18H38O.C6H8O7/c1-3-5-7-9-11-13-15-17-19-18-16-14-12-10-8-6-4-2;7-3(8)1-6(13,5(11)12)2-4(9)10/h3-18H2,1-2H3;13H,1-2H2,(H,7,8)(H,9,10)(H,11,12). The first-order chi connectivity index (χ1) is 15.2. The van der Waals surface area contributed by atoms with Crippen LogP contribution in [0.5, 0.6) is 0 Å². The summed E-state index contributed by atoms with van der Waals surface area (Å²) in [6, 6.07) is 0. The van der Waals surface area contributed by atoms with E-state index in [1.807, 2.05) is 0 Å². The van der Waals surface area contributed by atoms with Crippen molar-refractivity contribution >= 4 is 17.9 Å². The molecule has 0 aromatic rings. The van der Waals surface area contributed by atoms with Crippen molar-refractivity contribution in [1.29, 1.82) is 0 Å². The molecule has 0 aliphatic rings. The smallest absolute Gasteiger partial charge is 0.336 e. The van der Waals surface area contributed by atoms with Gasteiger partial charge in [0, 0.05) is 13.2 Å². The van der Waals surface area contributed by atoms with Gasteiger partial charge in [0.05, 0.1) is 12.8 Å². The van der Waals surface area contributed by atoms with Crippen LogP contribution in [0.1, 0.15) is 117 Å². The van der Waals surface area contributed by atoms with Gasteiger partial charge in [0.25, 0.3) is 0 Å². The van der Waals surface area contributed by atoms with Crippen LogP contribution in [-0.2, 0) is 19.1 Å². The molecule has 0 heterocycles. The zero-order valence-electron chi connectivity index (χ0n) is 20.1. The molecule has 0 aliphatic heterocycles. The zero-order valence-corrected chi connectivity index (χ0v) is 20.1. The van der Waals surface area contributed by atoms with Crippen LogP contribution in [0.4, 0.5) is 0 Å². The van der Waals surface area contributed by atoms with Gasteiger partial charge in [-0.3, -0.25) is 9.59 Å². The van der Waals surface area contributed by atoms with E-state index in [0.29, 0.717) is 0 Å². The van der Waals surface area contributed by atoms with E-state index in [4.69, 9.17) is 25.2 Å². The average Bonchev–Trinajstić information content (AvgIpc) is 2.70. The molecule has 0 rings (SSSR count). The third-order valence-electron chi connectivity index (χ3n) is 5.07. The van der Waals surface area contributed by atoms with Gasteiger partial charge in [-0.2, -0.15) is 0 Å². The average molecular weight is 463 g/mol. The predicted octanol–water partition coefficient (Wildman–Crippen LogP) is 5.26.